The molecule has 0 aliphatic heterocycles. The molecule has 0 spiro atoms. The minimum absolute atomic E-state index is 0. The fourth-order valence-corrected chi connectivity index (χ4v) is 1.79. The summed E-state index contributed by atoms with van der Waals surface area (Å²) in [5.74, 6) is 0.774. The number of rotatable bonds is 4. The number of benzene rings is 1. The van der Waals surface area contributed by atoms with Crippen LogP contribution in [-0.4, -0.2) is 23.2 Å². The van der Waals surface area contributed by atoms with Crippen molar-refractivity contribution < 1.29 is 0 Å². The van der Waals surface area contributed by atoms with E-state index in [2.05, 4.69) is 57.0 Å². The van der Waals surface area contributed by atoms with Crippen LogP contribution in [0.15, 0.2) is 41.5 Å². The molecule has 108 valence electrons. The number of hydrogen-bond acceptors (Lipinski definition) is 2. The van der Waals surface area contributed by atoms with Gasteiger partial charge in [-0.1, -0.05) is 29.8 Å². The number of H-pyrrole nitrogens is 1. The first-order valence-electron chi connectivity index (χ1n) is 6.26. The molecule has 0 fully saturated rings. The number of aromatic nitrogens is 2. The third-order valence-corrected chi connectivity index (χ3v) is 2.77. The Morgan fingerprint density at radius 1 is 1.25 bits per heavy atom. The van der Waals surface area contributed by atoms with E-state index in [4.69, 9.17) is 0 Å². The van der Waals surface area contributed by atoms with Gasteiger partial charge >= 0.3 is 0 Å². The summed E-state index contributed by atoms with van der Waals surface area (Å²) in [7, 11) is 1.76. The molecular weight excluding hydrogens is 365 g/mol. The van der Waals surface area contributed by atoms with Crippen molar-refractivity contribution in [3.05, 3.63) is 53.3 Å². The first kappa shape index (κ1) is 16.5. The molecule has 1 heterocycles. The van der Waals surface area contributed by atoms with Crippen LogP contribution in [0.2, 0.25) is 0 Å². The monoisotopic (exact) mass is 385 g/mol. The van der Waals surface area contributed by atoms with Crippen LogP contribution in [0.4, 0.5) is 0 Å². The van der Waals surface area contributed by atoms with Gasteiger partial charge in [0.25, 0.3) is 0 Å². The van der Waals surface area contributed by atoms with Gasteiger partial charge < -0.3 is 10.6 Å². The third kappa shape index (κ3) is 5.20. The maximum absolute atomic E-state index is 4.19. The second-order valence-corrected chi connectivity index (χ2v) is 4.35. The van der Waals surface area contributed by atoms with Crippen molar-refractivity contribution in [3.8, 4) is 0 Å². The first-order chi connectivity index (χ1) is 9.28. The quantitative estimate of drug-likeness (QED) is 0.430. The summed E-state index contributed by atoms with van der Waals surface area (Å²) in [6.07, 6.45) is 1.74. The van der Waals surface area contributed by atoms with Crippen LogP contribution >= 0.6 is 24.0 Å². The molecule has 0 saturated carbocycles. The molecule has 0 bridgehead atoms. The van der Waals surface area contributed by atoms with Crippen LogP contribution in [0, 0.1) is 6.92 Å². The fraction of sp³-hybridized carbons (Fsp3) is 0.286. The second-order valence-electron chi connectivity index (χ2n) is 4.35. The summed E-state index contributed by atoms with van der Waals surface area (Å²) in [4.78, 5) is 4.19. The van der Waals surface area contributed by atoms with E-state index in [-0.39, 0.29) is 24.0 Å². The SMILES string of the molecule is CN=C(NCc1cccc(C)c1)NCc1ccn[nH]1.I. The predicted octanol–water partition coefficient (Wildman–Crippen LogP) is 2.20. The molecule has 1 aromatic carbocycles. The predicted molar refractivity (Wildman–Crippen MR) is 92.2 cm³/mol. The molecule has 20 heavy (non-hydrogen) atoms. The number of aryl methyl sites for hydroxylation is 1. The molecule has 0 aliphatic carbocycles. The van der Waals surface area contributed by atoms with E-state index in [1.807, 2.05) is 6.07 Å². The van der Waals surface area contributed by atoms with Gasteiger partial charge in [0.2, 0.25) is 0 Å². The van der Waals surface area contributed by atoms with Crippen LogP contribution in [0.1, 0.15) is 16.8 Å². The highest BCUT2D eigenvalue weighted by Gasteiger charge is 1.99. The van der Waals surface area contributed by atoms with Crippen LogP contribution < -0.4 is 10.6 Å². The van der Waals surface area contributed by atoms with Crippen molar-refractivity contribution in [2.45, 2.75) is 20.0 Å². The first-order valence-corrected chi connectivity index (χ1v) is 6.26. The highest BCUT2D eigenvalue weighted by atomic mass is 127. The summed E-state index contributed by atoms with van der Waals surface area (Å²) in [6, 6.07) is 10.3. The van der Waals surface area contributed by atoms with Crippen molar-refractivity contribution in [2.24, 2.45) is 4.99 Å². The smallest absolute Gasteiger partial charge is 0.191 e. The van der Waals surface area contributed by atoms with Crippen molar-refractivity contribution in [1.82, 2.24) is 20.8 Å². The lowest BCUT2D eigenvalue weighted by Gasteiger charge is -2.11. The van der Waals surface area contributed by atoms with E-state index < -0.39 is 0 Å². The second kappa shape index (κ2) is 8.57. The van der Waals surface area contributed by atoms with E-state index in [0.29, 0.717) is 6.54 Å². The Balaban J connectivity index is 0.00000200. The topological polar surface area (TPSA) is 65.1 Å². The molecule has 2 rings (SSSR count). The Morgan fingerprint density at radius 3 is 2.70 bits per heavy atom. The average Bonchev–Trinajstić information content (AvgIpc) is 2.92. The summed E-state index contributed by atoms with van der Waals surface area (Å²) < 4.78 is 0. The normalized spacial score (nSPS) is 10.8. The fourth-order valence-electron chi connectivity index (χ4n) is 1.79. The summed E-state index contributed by atoms with van der Waals surface area (Å²) in [5.41, 5.74) is 3.53. The standard InChI is InChI=1S/C14H19N5.HI/c1-11-4-3-5-12(8-11)9-16-14(15-2)17-10-13-6-7-18-19-13;/h3-8H,9-10H2,1-2H3,(H,18,19)(H2,15,16,17);1H. The molecule has 5 nitrogen and oxygen atoms in total. The number of guanidine groups is 1. The van der Waals surface area contributed by atoms with Crippen molar-refractivity contribution in [2.75, 3.05) is 7.05 Å². The molecule has 1 aromatic heterocycles. The lowest BCUT2D eigenvalue weighted by molar-refractivity contribution is 0.789. The van der Waals surface area contributed by atoms with Crippen LogP contribution in [0.3, 0.4) is 0 Å². The Hall–Kier alpha value is -1.57. The van der Waals surface area contributed by atoms with Gasteiger partial charge in [-0.3, -0.25) is 10.1 Å². The summed E-state index contributed by atoms with van der Waals surface area (Å²) in [5, 5.41) is 13.3. The van der Waals surface area contributed by atoms with Gasteiger partial charge in [0.05, 0.1) is 12.2 Å². The molecule has 0 unspecified atom stereocenters. The van der Waals surface area contributed by atoms with E-state index in [1.165, 1.54) is 11.1 Å². The molecule has 0 radical (unpaired) electrons. The van der Waals surface area contributed by atoms with Gasteiger partial charge in [0.15, 0.2) is 5.96 Å². The number of nitrogens with one attached hydrogen (secondary N) is 3. The molecule has 0 atom stereocenters. The molecule has 6 heteroatoms. The largest absolute Gasteiger partial charge is 0.352 e. The zero-order chi connectivity index (χ0) is 13.5. The Kier molecular flexibility index (Phi) is 7.06. The minimum Gasteiger partial charge on any atom is -0.352 e. The van der Waals surface area contributed by atoms with Gasteiger partial charge in [0, 0.05) is 19.8 Å². The van der Waals surface area contributed by atoms with Gasteiger partial charge in [-0.2, -0.15) is 5.10 Å². The van der Waals surface area contributed by atoms with Gasteiger partial charge in [-0.05, 0) is 18.6 Å². The number of aliphatic imine (C=N–C) groups is 1. The Labute approximate surface area is 136 Å². The van der Waals surface area contributed by atoms with E-state index in [0.717, 1.165) is 18.2 Å². The number of halogens is 1. The molecule has 2 aromatic rings. The summed E-state index contributed by atoms with van der Waals surface area (Å²) in [6.45, 7) is 3.52. The summed E-state index contributed by atoms with van der Waals surface area (Å²) >= 11 is 0. The highest BCUT2D eigenvalue weighted by Crippen LogP contribution is 2.03. The average molecular weight is 385 g/mol. The zero-order valence-corrected chi connectivity index (χ0v) is 14.0. The third-order valence-electron chi connectivity index (χ3n) is 2.77. The zero-order valence-electron chi connectivity index (χ0n) is 11.7. The van der Waals surface area contributed by atoms with Crippen molar-refractivity contribution in [1.29, 1.82) is 0 Å². The molecule has 0 amide bonds. The Morgan fingerprint density at radius 2 is 2.05 bits per heavy atom. The van der Waals surface area contributed by atoms with Crippen LogP contribution in [0.5, 0.6) is 0 Å². The van der Waals surface area contributed by atoms with Crippen molar-refractivity contribution in [3.63, 3.8) is 0 Å². The van der Waals surface area contributed by atoms with Gasteiger partial charge in [-0.25, -0.2) is 0 Å². The van der Waals surface area contributed by atoms with Crippen molar-refractivity contribution >= 4 is 29.9 Å². The van der Waals surface area contributed by atoms with E-state index in [9.17, 15) is 0 Å². The van der Waals surface area contributed by atoms with Gasteiger partial charge in [-0.15, -0.1) is 24.0 Å². The molecule has 0 aliphatic rings. The van der Waals surface area contributed by atoms with Gasteiger partial charge in [0.1, 0.15) is 0 Å². The maximum Gasteiger partial charge on any atom is 0.191 e. The number of aromatic amines is 1. The van der Waals surface area contributed by atoms with Crippen LogP contribution in [0.25, 0.3) is 0 Å². The maximum atomic E-state index is 4.19. The van der Waals surface area contributed by atoms with E-state index >= 15 is 0 Å². The lowest BCUT2D eigenvalue weighted by atomic mass is 10.1. The lowest BCUT2D eigenvalue weighted by Crippen LogP contribution is -2.36. The minimum atomic E-state index is 0. The Bertz CT molecular complexity index is 536. The molecule has 0 saturated heterocycles. The van der Waals surface area contributed by atoms with Crippen LogP contribution in [-0.2, 0) is 13.1 Å². The highest BCUT2D eigenvalue weighted by molar-refractivity contribution is 14.0. The van der Waals surface area contributed by atoms with E-state index in [1.54, 1.807) is 13.2 Å². The molecule has 3 N–H and O–H groups in total. The number of hydrogen-bond donors (Lipinski definition) is 3. The molecular formula is C14H20IN5. The number of nitrogens with zero attached hydrogens (tertiary/aromatic N) is 2.